The lowest BCUT2D eigenvalue weighted by Crippen LogP contribution is -2.39. The minimum absolute atomic E-state index is 0.00663. The third-order valence-corrected chi connectivity index (χ3v) is 7.53. The number of amides is 1. The standard InChI is InChI=1S/C18H23N3O5S2/c1-20(13-7-10-28(24,25)12-13)16(22)11-27-18-19-15-6-4-3-5-14(15)17(23)21(18)8-9-26-2/h3-6,13H,7-12H2,1-2H3/t13-/m0/s1. The van der Waals surface area contributed by atoms with Gasteiger partial charge in [0.05, 0.1) is 41.3 Å². The quantitative estimate of drug-likeness (QED) is 0.477. The van der Waals surface area contributed by atoms with Gasteiger partial charge in [-0.1, -0.05) is 23.9 Å². The van der Waals surface area contributed by atoms with Crippen LogP contribution in [0, 0.1) is 0 Å². The van der Waals surface area contributed by atoms with Crippen LogP contribution in [-0.4, -0.2) is 72.8 Å². The van der Waals surface area contributed by atoms with Crippen molar-refractivity contribution in [1.82, 2.24) is 14.5 Å². The molecule has 1 aromatic carbocycles. The van der Waals surface area contributed by atoms with Crippen LogP contribution in [0.15, 0.2) is 34.2 Å². The highest BCUT2D eigenvalue weighted by Gasteiger charge is 2.32. The second-order valence-corrected chi connectivity index (χ2v) is 9.88. The number of carbonyl (C=O) groups excluding carboxylic acids is 1. The molecule has 8 nitrogen and oxygen atoms in total. The van der Waals surface area contributed by atoms with E-state index in [1.54, 1.807) is 32.4 Å². The largest absolute Gasteiger partial charge is 0.383 e. The highest BCUT2D eigenvalue weighted by Crippen LogP contribution is 2.21. The van der Waals surface area contributed by atoms with Crippen LogP contribution in [0.3, 0.4) is 0 Å². The van der Waals surface area contributed by atoms with Crippen LogP contribution in [0.25, 0.3) is 10.9 Å². The van der Waals surface area contributed by atoms with E-state index in [9.17, 15) is 18.0 Å². The summed E-state index contributed by atoms with van der Waals surface area (Å²) >= 11 is 1.18. The van der Waals surface area contributed by atoms with Crippen molar-refractivity contribution < 1.29 is 17.9 Å². The number of rotatable bonds is 7. The molecule has 1 fully saturated rings. The van der Waals surface area contributed by atoms with Crippen molar-refractivity contribution in [3.05, 3.63) is 34.6 Å². The van der Waals surface area contributed by atoms with Gasteiger partial charge in [0.25, 0.3) is 5.56 Å². The molecule has 1 aliphatic heterocycles. The number of thioether (sulfide) groups is 1. The van der Waals surface area contributed by atoms with Gasteiger partial charge in [0, 0.05) is 20.2 Å². The van der Waals surface area contributed by atoms with Crippen LogP contribution in [0.2, 0.25) is 0 Å². The molecule has 28 heavy (non-hydrogen) atoms. The molecule has 0 N–H and O–H groups in total. The van der Waals surface area contributed by atoms with Crippen LogP contribution in [0.4, 0.5) is 0 Å². The zero-order valence-electron chi connectivity index (χ0n) is 15.8. The molecular formula is C18H23N3O5S2. The van der Waals surface area contributed by atoms with Gasteiger partial charge in [-0.25, -0.2) is 13.4 Å². The summed E-state index contributed by atoms with van der Waals surface area (Å²) in [7, 11) is 0.121. The van der Waals surface area contributed by atoms with E-state index in [1.165, 1.54) is 21.2 Å². The second-order valence-electron chi connectivity index (χ2n) is 6.71. The SMILES string of the molecule is COCCn1c(SCC(=O)N(C)[C@H]2CCS(=O)(=O)C2)nc2ccccc2c1=O. The Balaban J connectivity index is 1.79. The van der Waals surface area contributed by atoms with Gasteiger partial charge in [-0.05, 0) is 18.6 Å². The zero-order valence-corrected chi connectivity index (χ0v) is 17.5. The number of ether oxygens (including phenoxy) is 1. The van der Waals surface area contributed by atoms with Gasteiger partial charge >= 0.3 is 0 Å². The Morgan fingerprint density at radius 1 is 1.39 bits per heavy atom. The van der Waals surface area contributed by atoms with Crippen LogP contribution in [0.5, 0.6) is 0 Å². The maximum Gasteiger partial charge on any atom is 0.262 e. The number of nitrogens with zero attached hydrogens (tertiary/aromatic N) is 3. The van der Waals surface area contributed by atoms with Crippen molar-refractivity contribution >= 4 is 38.4 Å². The molecule has 1 aliphatic rings. The van der Waals surface area contributed by atoms with Gasteiger partial charge in [-0.2, -0.15) is 0 Å². The van der Waals surface area contributed by atoms with Crippen molar-refractivity contribution in [1.29, 1.82) is 0 Å². The molecule has 0 radical (unpaired) electrons. The molecule has 0 bridgehead atoms. The lowest BCUT2D eigenvalue weighted by molar-refractivity contribution is -0.128. The summed E-state index contributed by atoms with van der Waals surface area (Å²) in [4.78, 5) is 31.4. The average molecular weight is 426 g/mol. The fraction of sp³-hybridized carbons (Fsp3) is 0.500. The van der Waals surface area contributed by atoms with E-state index >= 15 is 0 Å². The molecule has 10 heteroatoms. The Labute approximate surface area is 167 Å². The number of fused-ring (bicyclic) bond motifs is 1. The Morgan fingerprint density at radius 3 is 2.82 bits per heavy atom. The normalized spacial score (nSPS) is 18.4. The third-order valence-electron chi connectivity index (χ3n) is 4.82. The average Bonchev–Trinajstić information content (AvgIpc) is 3.04. The highest BCUT2D eigenvalue weighted by atomic mass is 32.2. The first-order valence-corrected chi connectivity index (χ1v) is 11.7. The lowest BCUT2D eigenvalue weighted by Gasteiger charge is -2.23. The molecule has 2 heterocycles. The van der Waals surface area contributed by atoms with Crippen molar-refractivity contribution in [2.24, 2.45) is 0 Å². The van der Waals surface area contributed by atoms with Gasteiger partial charge in [0.15, 0.2) is 15.0 Å². The number of aromatic nitrogens is 2. The Morgan fingerprint density at radius 2 is 2.14 bits per heavy atom. The van der Waals surface area contributed by atoms with Gasteiger partial charge in [0.1, 0.15) is 0 Å². The topological polar surface area (TPSA) is 98.6 Å². The Hall–Kier alpha value is -1.91. The minimum Gasteiger partial charge on any atom is -0.383 e. The summed E-state index contributed by atoms with van der Waals surface area (Å²) in [6.45, 7) is 0.682. The Bertz CT molecular complexity index is 1040. The predicted octanol–water partition coefficient (Wildman–Crippen LogP) is 0.781. The van der Waals surface area contributed by atoms with E-state index in [0.717, 1.165) is 0 Å². The fourth-order valence-electron chi connectivity index (χ4n) is 3.15. The monoisotopic (exact) mass is 425 g/mol. The van der Waals surface area contributed by atoms with Crippen LogP contribution >= 0.6 is 11.8 Å². The number of hydrogen-bond acceptors (Lipinski definition) is 7. The highest BCUT2D eigenvalue weighted by molar-refractivity contribution is 7.99. The van der Waals surface area contributed by atoms with Crippen molar-refractivity contribution in [3.63, 3.8) is 0 Å². The number of hydrogen-bond donors (Lipinski definition) is 0. The van der Waals surface area contributed by atoms with Crippen molar-refractivity contribution in [2.75, 3.05) is 38.0 Å². The maximum atomic E-state index is 12.8. The molecule has 0 saturated carbocycles. The lowest BCUT2D eigenvalue weighted by atomic mass is 10.2. The summed E-state index contributed by atoms with van der Waals surface area (Å²) in [5, 5.41) is 0.962. The number of methoxy groups -OCH3 is 1. The van der Waals surface area contributed by atoms with Gasteiger partial charge in [-0.15, -0.1) is 0 Å². The summed E-state index contributed by atoms with van der Waals surface area (Å²) in [5.74, 6) is 0.00991. The molecule has 0 spiro atoms. The third kappa shape index (κ3) is 4.56. The molecule has 1 saturated heterocycles. The smallest absolute Gasteiger partial charge is 0.262 e. The maximum absolute atomic E-state index is 12.8. The van der Waals surface area contributed by atoms with Crippen LogP contribution in [-0.2, 0) is 25.9 Å². The summed E-state index contributed by atoms with van der Waals surface area (Å²) < 4.78 is 29.9. The predicted molar refractivity (Wildman–Crippen MR) is 108 cm³/mol. The molecule has 0 aliphatic carbocycles. The molecule has 1 atom stereocenters. The first-order chi connectivity index (χ1) is 13.3. The van der Waals surface area contributed by atoms with E-state index in [1.807, 2.05) is 6.07 Å². The number of benzene rings is 1. The number of para-hydroxylation sites is 1. The summed E-state index contributed by atoms with van der Waals surface area (Å²) in [6.07, 6.45) is 0.460. The molecular weight excluding hydrogens is 402 g/mol. The molecule has 1 aromatic heterocycles. The Kier molecular flexibility index (Phi) is 6.41. The molecule has 2 aromatic rings. The minimum atomic E-state index is -3.06. The van der Waals surface area contributed by atoms with Gasteiger partial charge < -0.3 is 9.64 Å². The van der Waals surface area contributed by atoms with Gasteiger partial charge in [0.2, 0.25) is 5.91 Å². The van der Waals surface area contributed by atoms with Crippen molar-refractivity contribution in [2.45, 2.75) is 24.2 Å². The first-order valence-electron chi connectivity index (χ1n) is 8.90. The van der Waals surface area contributed by atoms with E-state index in [2.05, 4.69) is 4.98 Å². The van der Waals surface area contributed by atoms with Crippen LogP contribution in [0.1, 0.15) is 6.42 Å². The van der Waals surface area contributed by atoms with E-state index in [-0.39, 0.29) is 34.8 Å². The number of sulfone groups is 1. The molecule has 0 unspecified atom stereocenters. The van der Waals surface area contributed by atoms with E-state index < -0.39 is 9.84 Å². The number of carbonyl (C=O) groups is 1. The molecule has 152 valence electrons. The summed E-state index contributed by atoms with van der Waals surface area (Å²) in [5.41, 5.74) is 0.402. The van der Waals surface area contributed by atoms with Gasteiger partial charge in [-0.3, -0.25) is 14.2 Å². The van der Waals surface area contributed by atoms with Crippen molar-refractivity contribution in [3.8, 4) is 0 Å². The zero-order chi connectivity index (χ0) is 20.3. The summed E-state index contributed by atoms with van der Waals surface area (Å²) in [6, 6.07) is 6.79. The van der Waals surface area contributed by atoms with E-state index in [4.69, 9.17) is 4.74 Å². The van der Waals surface area contributed by atoms with Crippen LogP contribution < -0.4 is 5.56 Å². The molecule has 3 rings (SSSR count). The first kappa shape index (κ1) is 20.8. The second kappa shape index (κ2) is 8.62. The molecule has 1 amide bonds. The van der Waals surface area contributed by atoms with E-state index in [0.29, 0.717) is 35.6 Å². The fourth-order valence-corrected chi connectivity index (χ4v) is 5.87.